The smallest absolute Gasteiger partial charge is 0.410 e. The lowest BCUT2D eigenvalue weighted by atomic mass is 9.86. The molecular weight excluding hydrogens is 530 g/mol. The van der Waals surface area contributed by atoms with Crippen molar-refractivity contribution >= 4 is 22.8 Å². The van der Waals surface area contributed by atoms with Crippen LogP contribution in [0, 0.1) is 0 Å². The predicted octanol–water partition coefficient (Wildman–Crippen LogP) is 7.21. The van der Waals surface area contributed by atoms with Crippen LogP contribution in [0.3, 0.4) is 0 Å². The van der Waals surface area contributed by atoms with Gasteiger partial charge in [-0.3, -0.25) is 0 Å². The van der Waals surface area contributed by atoms with Crippen molar-refractivity contribution in [1.29, 1.82) is 0 Å². The Hall–Kier alpha value is -4.36. The van der Waals surface area contributed by atoms with E-state index < -0.39 is 11.6 Å². The highest BCUT2D eigenvalue weighted by Gasteiger charge is 2.35. The highest BCUT2D eigenvalue weighted by atomic mass is 16.6. The third kappa shape index (κ3) is 7.47. The molecule has 0 radical (unpaired) electrons. The van der Waals surface area contributed by atoms with Crippen molar-refractivity contribution in [3.05, 3.63) is 113 Å². The van der Waals surface area contributed by atoms with E-state index in [-0.39, 0.29) is 30.5 Å². The summed E-state index contributed by atoms with van der Waals surface area (Å²) in [5.74, 6) is -0.271. The van der Waals surface area contributed by atoms with Crippen molar-refractivity contribution in [3.8, 4) is 5.75 Å². The molecular formula is C35H37NO6. The molecule has 1 aliphatic heterocycles. The SMILES string of the molecule is CC(C)(C)OC(=O)N1CCC(c2ccc(COC(=O)c3ccc(O)cc3)cc2)C(OCc2ccc3ccccc3c2)C1. The van der Waals surface area contributed by atoms with E-state index in [1.54, 1.807) is 4.90 Å². The second-order valence-corrected chi connectivity index (χ2v) is 11.7. The Bertz CT molecular complexity index is 1520. The number of nitrogens with zero attached hydrogens (tertiary/aromatic N) is 1. The van der Waals surface area contributed by atoms with Crippen LogP contribution in [0.5, 0.6) is 5.75 Å². The minimum atomic E-state index is -0.572. The van der Waals surface area contributed by atoms with Crippen LogP contribution < -0.4 is 0 Å². The molecule has 218 valence electrons. The van der Waals surface area contributed by atoms with E-state index >= 15 is 0 Å². The Morgan fingerprint density at radius 1 is 0.857 bits per heavy atom. The number of piperidine rings is 1. The summed E-state index contributed by atoms with van der Waals surface area (Å²) in [5.41, 5.74) is 2.86. The summed E-state index contributed by atoms with van der Waals surface area (Å²) >= 11 is 0. The first-order chi connectivity index (χ1) is 20.1. The number of carbonyl (C=O) groups is 2. The number of hydrogen-bond acceptors (Lipinski definition) is 6. The van der Waals surface area contributed by atoms with Gasteiger partial charge in [-0.15, -0.1) is 0 Å². The first-order valence-corrected chi connectivity index (χ1v) is 14.3. The number of phenolic OH excluding ortho intramolecular Hbond substituents is 1. The first-order valence-electron chi connectivity index (χ1n) is 14.3. The van der Waals surface area contributed by atoms with Crippen molar-refractivity contribution in [1.82, 2.24) is 4.90 Å². The summed E-state index contributed by atoms with van der Waals surface area (Å²) in [6, 6.07) is 28.6. The van der Waals surface area contributed by atoms with Gasteiger partial charge in [-0.25, -0.2) is 9.59 Å². The summed E-state index contributed by atoms with van der Waals surface area (Å²) < 4.78 is 17.6. The van der Waals surface area contributed by atoms with Gasteiger partial charge in [0.1, 0.15) is 18.0 Å². The molecule has 0 aromatic heterocycles. The number of benzene rings is 4. The summed E-state index contributed by atoms with van der Waals surface area (Å²) in [6.45, 7) is 7.18. The molecule has 42 heavy (non-hydrogen) atoms. The molecule has 1 N–H and O–H groups in total. The standard InChI is InChI=1S/C35H37NO6/c1-35(2,3)42-34(39)36-19-18-31(32(21-36)40-23-25-10-11-26-6-4-5-7-29(26)20-25)27-12-8-24(9-13-27)22-41-33(38)28-14-16-30(37)17-15-28/h4-17,20,31-32,37H,18-19,21-23H2,1-3H3. The van der Waals surface area contributed by atoms with E-state index in [1.165, 1.54) is 29.7 Å². The van der Waals surface area contributed by atoms with Crippen molar-refractivity contribution < 1.29 is 28.9 Å². The minimum absolute atomic E-state index is 0.0812. The first kappa shape index (κ1) is 29.1. The molecule has 4 aromatic carbocycles. The molecule has 2 unspecified atom stereocenters. The molecule has 4 aromatic rings. The second kappa shape index (κ2) is 12.7. The average Bonchev–Trinajstić information content (AvgIpc) is 2.98. The zero-order valence-corrected chi connectivity index (χ0v) is 24.3. The Morgan fingerprint density at radius 3 is 2.26 bits per heavy atom. The lowest BCUT2D eigenvalue weighted by molar-refractivity contribution is -0.0359. The Balaban J connectivity index is 1.27. The van der Waals surface area contributed by atoms with Gasteiger partial charge in [-0.05, 0) is 85.0 Å². The molecule has 0 aliphatic carbocycles. The van der Waals surface area contributed by atoms with Gasteiger partial charge < -0.3 is 24.2 Å². The van der Waals surface area contributed by atoms with Gasteiger partial charge in [0, 0.05) is 12.5 Å². The second-order valence-electron chi connectivity index (χ2n) is 11.7. The minimum Gasteiger partial charge on any atom is -0.508 e. The zero-order chi connectivity index (χ0) is 29.7. The Labute approximate surface area is 246 Å². The number of likely N-dealkylation sites (tertiary alicyclic amines) is 1. The van der Waals surface area contributed by atoms with Crippen molar-refractivity contribution in [3.63, 3.8) is 0 Å². The highest BCUT2D eigenvalue weighted by Crippen LogP contribution is 2.32. The molecule has 0 saturated carbocycles. The van der Waals surface area contributed by atoms with Crippen LogP contribution in [0.15, 0.2) is 91.0 Å². The van der Waals surface area contributed by atoms with Gasteiger partial charge in [0.15, 0.2) is 0 Å². The highest BCUT2D eigenvalue weighted by molar-refractivity contribution is 5.89. The Kier molecular flexibility index (Phi) is 8.78. The maximum Gasteiger partial charge on any atom is 0.410 e. The number of aromatic hydroxyl groups is 1. The van der Waals surface area contributed by atoms with E-state index in [9.17, 15) is 14.7 Å². The van der Waals surface area contributed by atoms with E-state index in [1.807, 2.05) is 57.2 Å². The summed E-state index contributed by atoms with van der Waals surface area (Å²) in [5, 5.41) is 11.8. The molecule has 7 nitrogen and oxygen atoms in total. The third-order valence-corrected chi connectivity index (χ3v) is 7.37. The fourth-order valence-electron chi connectivity index (χ4n) is 5.18. The third-order valence-electron chi connectivity index (χ3n) is 7.37. The van der Waals surface area contributed by atoms with E-state index in [0.29, 0.717) is 25.3 Å². The molecule has 7 heteroatoms. The molecule has 0 spiro atoms. The van der Waals surface area contributed by atoms with Crippen LogP contribution in [0.1, 0.15) is 60.2 Å². The van der Waals surface area contributed by atoms with Gasteiger partial charge in [0.2, 0.25) is 0 Å². The van der Waals surface area contributed by atoms with Crippen LogP contribution in [-0.2, 0) is 27.4 Å². The number of rotatable bonds is 7. The summed E-state index contributed by atoms with van der Waals surface area (Å²) in [6.07, 6.45) is 0.179. The number of carbonyl (C=O) groups excluding carboxylic acids is 2. The van der Waals surface area contributed by atoms with Gasteiger partial charge >= 0.3 is 12.1 Å². The maximum absolute atomic E-state index is 12.9. The lowest BCUT2D eigenvalue weighted by Crippen LogP contribution is -2.48. The molecule has 2 atom stereocenters. The van der Waals surface area contributed by atoms with Crippen molar-refractivity contribution in [2.75, 3.05) is 13.1 Å². The van der Waals surface area contributed by atoms with Crippen LogP contribution >= 0.6 is 0 Å². The van der Waals surface area contributed by atoms with Gasteiger partial charge in [-0.1, -0.05) is 60.7 Å². The van der Waals surface area contributed by atoms with Crippen molar-refractivity contribution in [2.24, 2.45) is 0 Å². The lowest BCUT2D eigenvalue weighted by Gasteiger charge is -2.39. The predicted molar refractivity (Wildman–Crippen MR) is 161 cm³/mol. The number of fused-ring (bicyclic) bond motifs is 1. The van der Waals surface area contributed by atoms with E-state index in [2.05, 4.69) is 30.3 Å². The maximum atomic E-state index is 12.9. The average molecular weight is 568 g/mol. The Morgan fingerprint density at radius 2 is 1.55 bits per heavy atom. The normalized spacial score (nSPS) is 17.2. The molecule has 1 heterocycles. The number of ether oxygens (including phenoxy) is 3. The van der Waals surface area contributed by atoms with Crippen molar-refractivity contribution in [2.45, 2.75) is 58.0 Å². The van der Waals surface area contributed by atoms with Crippen LogP contribution in [0.25, 0.3) is 10.8 Å². The number of amides is 1. The van der Waals surface area contributed by atoms with E-state index in [4.69, 9.17) is 14.2 Å². The molecule has 1 fully saturated rings. The van der Waals surface area contributed by atoms with Gasteiger partial charge in [-0.2, -0.15) is 0 Å². The summed E-state index contributed by atoms with van der Waals surface area (Å²) in [4.78, 5) is 27.0. The zero-order valence-electron chi connectivity index (χ0n) is 24.3. The quantitative estimate of drug-likeness (QED) is 0.238. The fraction of sp³-hybridized carbons (Fsp3) is 0.314. The number of phenols is 1. The van der Waals surface area contributed by atoms with E-state index in [0.717, 1.165) is 28.5 Å². The van der Waals surface area contributed by atoms with Gasteiger partial charge in [0.25, 0.3) is 0 Å². The molecule has 1 amide bonds. The largest absolute Gasteiger partial charge is 0.508 e. The number of esters is 1. The topological polar surface area (TPSA) is 85.3 Å². The molecule has 0 bridgehead atoms. The molecule has 5 rings (SSSR count). The monoisotopic (exact) mass is 567 g/mol. The fourth-order valence-corrected chi connectivity index (χ4v) is 5.18. The van der Waals surface area contributed by atoms with Crippen LogP contribution in [0.4, 0.5) is 4.79 Å². The van der Waals surface area contributed by atoms with Crippen LogP contribution in [-0.4, -0.2) is 46.9 Å². The number of hydrogen-bond donors (Lipinski definition) is 1. The summed E-state index contributed by atoms with van der Waals surface area (Å²) in [7, 11) is 0. The molecule has 1 aliphatic rings. The van der Waals surface area contributed by atoms with Crippen LogP contribution in [0.2, 0.25) is 0 Å². The molecule has 1 saturated heterocycles. The van der Waals surface area contributed by atoms with Gasteiger partial charge in [0.05, 0.1) is 24.8 Å².